The largest absolute Gasteiger partial charge is 0.461 e. The number of carbonyl (C=O) groups excluding carboxylic acids is 1. The van der Waals surface area contributed by atoms with Crippen molar-refractivity contribution in [3.8, 4) is 22.4 Å². The van der Waals surface area contributed by atoms with E-state index in [1.54, 1.807) is 6.92 Å². The summed E-state index contributed by atoms with van der Waals surface area (Å²) in [6, 6.07) is 19.2. The number of carbonyl (C=O) groups is 1. The first-order chi connectivity index (χ1) is 12.8. The van der Waals surface area contributed by atoms with Crippen LogP contribution in [0.3, 0.4) is 0 Å². The van der Waals surface area contributed by atoms with Gasteiger partial charge in [0.2, 0.25) is 0 Å². The highest BCUT2D eigenvalue weighted by Crippen LogP contribution is 2.34. The summed E-state index contributed by atoms with van der Waals surface area (Å²) >= 11 is 0. The van der Waals surface area contributed by atoms with Crippen molar-refractivity contribution >= 4 is 17.0 Å². The summed E-state index contributed by atoms with van der Waals surface area (Å²) in [5, 5.41) is 11.2. The number of aromatic nitrogens is 4. The summed E-state index contributed by atoms with van der Waals surface area (Å²) < 4.78 is 5.25. The van der Waals surface area contributed by atoms with Gasteiger partial charge < -0.3 is 4.74 Å². The van der Waals surface area contributed by atoms with E-state index in [2.05, 4.69) is 20.4 Å². The summed E-state index contributed by atoms with van der Waals surface area (Å²) in [7, 11) is 0. The maximum absolute atomic E-state index is 12.6. The molecule has 0 bridgehead atoms. The molecule has 4 aromatic rings. The summed E-state index contributed by atoms with van der Waals surface area (Å²) in [6.07, 6.45) is 0. The highest BCUT2D eigenvalue weighted by Gasteiger charge is 2.24. The Hall–Kier alpha value is -3.54. The second-order valence-electron chi connectivity index (χ2n) is 5.66. The van der Waals surface area contributed by atoms with Gasteiger partial charge in [-0.05, 0) is 12.5 Å². The number of hydrogen-bond donors (Lipinski definition) is 1. The van der Waals surface area contributed by atoms with Crippen molar-refractivity contribution in [3.63, 3.8) is 0 Å². The van der Waals surface area contributed by atoms with Crippen LogP contribution in [0.15, 0.2) is 60.7 Å². The van der Waals surface area contributed by atoms with E-state index in [4.69, 9.17) is 4.74 Å². The SMILES string of the molecule is CCOC(=O)c1nc(-c2ccccc2)c2n[nH]nc2c1-c1ccccc1. The van der Waals surface area contributed by atoms with Crippen LogP contribution in [0.25, 0.3) is 33.4 Å². The van der Waals surface area contributed by atoms with Gasteiger partial charge in [-0.15, -0.1) is 0 Å². The molecule has 0 amide bonds. The molecule has 6 heteroatoms. The normalized spacial score (nSPS) is 10.8. The quantitative estimate of drug-likeness (QED) is 0.569. The van der Waals surface area contributed by atoms with Crippen molar-refractivity contribution in [2.24, 2.45) is 0 Å². The average molecular weight is 344 g/mol. The molecule has 0 saturated heterocycles. The van der Waals surface area contributed by atoms with Crippen LogP contribution in [0.1, 0.15) is 17.4 Å². The van der Waals surface area contributed by atoms with Crippen molar-refractivity contribution in [1.82, 2.24) is 20.4 Å². The maximum Gasteiger partial charge on any atom is 0.357 e. The molecule has 0 atom stereocenters. The minimum atomic E-state index is -0.478. The van der Waals surface area contributed by atoms with Gasteiger partial charge in [0, 0.05) is 11.1 Å². The van der Waals surface area contributed by atoms with Crippen molar-refractivity contribution in [2.75, 3.05) is 6.61 Å². The number of aromatic amines is 1. The lowest BCUT2D eigenvalue weighted by atomic mass is 9.99. The van der Waals surface area contributed by atoms with E-state index in [1.807, 2.05) is 60.7 Å². The average Bonchev–Trinajstić information content (AvgIpc) is 3.18. The first-order valence-electron chi connectivity index (χ1n) is 8.32. The Kier molecular flexibility index (Phi) is 4.15. The van der Waals surface area contributed by atoms with Crippen LogP contribution in [-0.2, 0) is 4.74 Å². The maximum atomic E-state index is 12.6. The molecule has 0 fully saturated rings. The van der Waals surface area contributed by atoms with Crippen LogP contribution < -0.4 is 0 Å². The Morgan fingerprint density at radius 3 is 2.19 bits per heavy atom. The summed E-state index contributed by atoms with van der Waals surface area (Å²) in [5.74, 6) is -0.478. The lowest BCUT2D eigenvalue weighted by molar-refractivity contribution is 0.0521. The van der Waals surface area contributed by atoms with E-state index in [9.17, 15) is 4.79 Å². The van der Waals surface area contributed by atoms with E-state index in [0.717, 1.165) is 11.1 Å². The predicted molar refractivity (Wildman–Crippen MR) is 98.5 cm³/mol. The molecule has 0 aliphatic heterocycles. The summed E-state index contributed by atoms with van der Waals surface area (Å²) in [6.45, 7) is 2.04. The third kappa shape index (κ3) is 2.71. The van der Waals surface area contributed by atoms with E-state index >= 15 is 0 Å². The zero-order valence-electron chi connectivity index (χ0n) is 14.1. The minimum Gasteiger partial charge on any atom is -0.461 e. The fourth-order valence-electron chi connectivity index (χ4n) is 2.93. The molecule has 0 aliphatic rings. The predicted octanol–water partition coefficient (Wildman–Crippen LogP) is 3.86. The number of hydrogen-bond acceptors (Lipinski definition) is 5. The van der Waals surface area contributed by atoms with Gasteiger partial charge in [-0.25, -0.2) is 9.78 Å². The molecule has 6 nitrogen and oxygen atoms in total. The molecule has 128 valence electrons. The smallest absolute Gasteiger partial charge is 0.357 e. The Balaban J connectivity index is 2.06. The number of H-pyrrole nitrogens is 1. The first kappa shape index (κ1) is 16.0. The number of nitrogens with zero attached hydrogens (tertiary/aromatic N) is 3. The molecule has 0 radical (unpaired) electrons. The van der Waals surface area contributed by atoms with Gasteiger partial charge in [-0.2, -0.15) is 15.4 Å². The fraction of sp³-hybridized carbons (Fsp3) is 0.100. The molecule has 0 spiro atoms. The fourth-order valence-corrected chi connectivity index (χ4v) is 2.93. The molecular formula is C20H16N4O2. The summed E-state index contributed by atoms with van der Waals surface area (Å²) in [5.41, 5.74) is 4.34. The van der Waals surface area contributed by atoms with E-state index in [0.29, 0.717) is 22.3 Å². The van der Waals surface area contributed by atoms with Gasteiger partial charge >= 0.3 is 5.97 Å². The number of nitrogens with one attached hydrogen (secondary N) is 1. The van der Waals surface area contributed by atoms with Crippen LogP contribution in [0, 0.1) is 0 Å². The van der Waals surface area contributed by atoms with Crippen molar-refractivity contribution in [3.05, 3.63) is 66.4 Å². The number of fused-ring (bicyclic) bond motifs is 1. The molecule has 4 rings (SSSR count). The molecule has 0 saturated carbocycles. The monoisotopic (exact) mass is 344 g/mol. The lowest BCUT2D eigenvalue weighted by Crippen LogP contribution is -2.10. The van der Waals surface area contributed by atoms with Crippen molar-refractivity contribution in [1.29, 1.82) is 0 Å². The third-order valence-electron chi connectivity index (χ3n) is 4.05. The molecule has 0 aliphatic carbocycles. The Labute approximate surface area is 149 Å². The van der Waals surface area contributed by atoms with Crippen LogP contribution in [0.2, 0.25) is 0 Å². The molecule has 26 heavy (non-hydrogen) atoms. The minimum absolute atomic E-state index is 0.235. The van der Waals surface area contributed by atoms with E-state index in [1.165, 1.54) is 0 Å². The molecule has 2 aromatic carbocycles. The van der Waals surface area contributed by atoms with Crippen LogP contribution in [0.5, 0.6) is 0 Å². The van der Waals surface area contributed by atoms with Gasteiger partial charge in [-0.3, -0.25) is 0 Å². The highest BCUT2D eigenvalue weighted by molar-refractivity contribution is 6.07. The molecule has 0 unspecified atom stereocenters. The molecule has 2 heterocycles. The van der Waals surface area contributed by atoms with Crippen LogP contribution >= 0.6 is 0 Å². The van der Waals surface area contributed by atoms with Gasteiger partial charge in [0.1, 0.15) is 16.7 Å². The third-order valence-corrected chi connectivity index (χ3v) is 4.05. The Morgan fingerprint density at radius 1 is 0.923 bits per heavy atom. The molecule has 1 N–H and O–H groups in total. The topological polar surface area (TPSA) is 80.8 Å². The zero-order chi connectivity index (χ0) is 17.9. The van der Waals surface area contributed by atoms with Crippen molar-refractivity contribution in [2.45, 2.75) is 6.92 Å². The number of benzene rings is 2. The molecular weight excluding hydrogens is 328 g/mol. The van der Waals surface area contributed by atoms with Crippen molar-refractivity contribution < 1.29 is 9.53 Å². The Bertz CT molecular complexity index is 1060. The lowest BCUT2D eigenvalue weighted by Gasteiger charge is -2.11. The molecule has 2 aromatic heterocycles. The van der Waals surface area contributed by atoms with Crippen LogP contribution in [-0.4, -0.2) is 33.0 Å². The Morgan fingerprint density at radius 2 is 1.54 bits per heavy atom. The van der Waals surface area contributed by atoms with Gasteiger partial charge in [0.25, 0.3) is 0 Å². The zero-order valence-corrected chi connectivity index (χ0v) is 14.1. The second kappa shape index (κ2) is 6.76. The van der Waals surface area contributed by atoms with Gasteiger partial charge in [-0.1, -0.05) is 60.7 Å². The number of rotatable bonds is 4. The number of esters is 1. The van der Waals surface area contributed by atoms with Gasteiger partial charge in [0.05, 0.1) is 6.61 Å². The van der Waals surface area contributed by atoms with E-state index < -0.39 is 5.97 Å². The van der Waals surface area contributed by atoms with Gasteiger partial charge in [0.15, 0.2) is 5.69 Å². The number of ether oxygens (including phenoxy) is 1. The highest BCUT2D eigenvalue weighted by atomic mass is 16.5. The van der Waals surface area contributed by atoms with Crippen LogP contribution in [0.4, 0.5) is 0 Å². The first-order valence-corrected chi connectivity index (χ1v) is 8.32. The summed E-state index contributed by atoms with van der Waals surface area (Å²) in [4.78, 5) is 17.3. The standard InChI is InChI=1S/C20H16N4O2/c1-2-26-20(25)18-15(13-9-5-3-6-10-13)17-19(23-24-22-17)16(21-18)14-11-7-4-8-12-14/h3-12H,2H2,1H3,(H,22,23,24). The van der Waals surface area contributed by atoms with E-state index in [-0.39, 0.29) is 12.3 Å². The second-order valence-corrected chi connectivity index (χ2v) is 5.66. The number of pyridine rings is 1.